The van der Waals surface area contributed by atoms with Crippen molar-refractivity contribution in [3.05, 3.63) is 0 Å². The van der Waals surface area contributed by atoms with Gasteiger partial charge in [-0.15, -0.1) is 0 Å². The van der Waals surface area contributed by atoms with Gasteiger partial charge in [-0.1, -0.05) is 0 Å². The van der Waals surface area contributed by atoms with Crippen LogP contribution in [0.3, 0.4) is 0 Å². The topological polar surface area (TPSA) is 40.5 Å². The molecular weight excluding hydrogens is 169 g/mol. The molecule has 0 aromatic heterocycles. The summed E-state index contributed by atoms with van der Waals surface area (Å²) < 4.78 is -0.348. The van der Waals surface area contributed by atoms with E-state index < -0.39 is 16.1 Å². The van der Waals surface area contributed by atoms with E-state index in [0.29, 0.717) is 6.42 Å². The predicted molar refractivity (Wildman–Crippen MR) is 23.6 cm³/mol. The Morgan fingerprint density at radius 2 is 2.29 bits per heavy atom. The van der Waals surface area contributed by atoms with E-state index in [0.717, 1.165) is 0 Å². The molecule has 0 saturated heterocycles. The second-order valence-electron chi connectivity index (χ2n) is 1.32. The van der Waals surface area contributed by atoms with E-state index in [9.17, 15) is 0 Å². The Bertz CT molecular complexity index is 43.9. The van der Waals surface area contributed by atoms with Crippen LogP contribution in [-0.4, -0.2) is 21.5 Å². The van der Waals surface area contributed by atoms with E-state index in [-0.39, 0.29) is 11.3 Å². The molecule has 2 nitrogen and oxygen atoms in total. The summed E-state index contributed by atoms with van der Waals surface area (Å²) in [7, 11) is 5.36. The molecule has 2 N–H and O–H groups in total. The van der Waals surface area contributed by atoms with Crippen LogP contribution < -0.4 is 0 Å². The zero-order chi connectivity index (χ0) is 5.70. The van der Waals surface area contributed by atoms with Crippen molar-refractivity contribution in [1.29, 1.82) is 0 Å². The van der Waals surface area contributed by atoms with E-state index in [1.807, 2.05) is 0 Å². The van der Waals surface area contributed by atoms with Gasteiger partial charge < -0.3 is 0 Å². The van der Waals surface area contributed by atoms with Gasteiger partial charge in [-0.3, -0.25) is 0 Å². The summed E-state index contributed by atoms with van der Waals surface area (Å²) in [4.78, 5) is 0. The standard InChI is InChI=1S/C3H7O2.ClH.Zn/c4-2-1-3-5;;/h2,4-5H,1,3H2;1H;/q;;+1/p-1. The summed E-state index contributed by atoms with van der Waals surface area (Å²) in [5.74, 6) is 0. The molecule has 0 aromatic carbocycles. The molecule has 1 atom stereocenters. The minimum absolute atomic E-state index is 0.0547. The van der Waals surface area contributed by atoms with Crippen molar-refractivity contribution in [3.63, 3.8) is 0 Å². The van der Waals surface area contributed by atoms with Crippen LogP contribution in [0.15, 0.2) is 0 Å². The average Bonchev–Trinajstić information content (AvgIpc) is 1.68. The summed E-state index contributed by atoms with van der Waals surface area (Å²) in [6, 6.07) is 0. The van der Waals surface area contributed by atoms with Gasteiger partial charge in [0.2, 0.25) is 0 Å². The van der Waals surface area contributed by atoms with Gasteiger partial charge in [0.05, 0.1) is 0 Å². The van der Waals surface area contributed by atoms with E-state index in [4.69, 9.17) is 19.9 Å². The summed E-state index contributed by atoms with van der Waals surface area (Å²) in [5, 5.41) is 16.8. The zero-order valence-electron chi connectivity index (χ0n) is 3.97. The van der Waals surface area contributed by atoms with Gasteiger partial charge >= 0.3 is 53.8 Å². The van der Waals surface area contributed by atoms with Crippen molar-refractivity contribution in [3.8, 4) is 0 Å². The molecule has 0 aliphatic carbocycles. The van der Waals surface area contributed by atoms with Crippen LogP contribution in [0.25, 0.3) is 0 Å². The Balaban J connectivity index is 2.83. The molecule has 1 unspecified atom stereocenters. The number of hydrogen-bond acceptors (Lipinski definition) is 2. The molecule has 0 amide bonds. The monoisotopic (exact) mass is 174 g/mol. The van der Waals surface area contributed by atoms with Gasteiger partial charge in [0.25, 0.3) is 0 Å². The molecule has 4 heteroatoms. The minimum atomic E-state index is -1.16. The Labute approximate surface area is 54.1 Å². The van der Waals surface area contributed by atoms with Gasteiger partial charge in [-0.2, -0.15) is 0 Å². The fraction of sp³-hybridized carbons (Fsp3) is 1.00. The molecule has 0 aliphatic rings. The number of hydrogen-bond donors (Lipinski definition) is 2. The average molecular weight is 176 g/mol. The Morgan fingerprint density at radius 3 is 2.43 bits per heavy atom. The van der Waals surface area contributed by atoms with Crippen LogP contribution in [0.2, 0.25) is 0 Å². The van der Waals surface area contributed by atoms with Crippen molar-refractivity contribution in [1.82, 2.24) is 0 Å². The van der Waals surface area contributed by atoms with Crippen molar-refractivity contribution >= 4 is 9.69 Å². The summed E-state index contributed by atoms with van der Waals surface area (Å²) >= 11 is -1.16. The Kier molecular flexibility index (Phi) is 5.57. The first-order valence-electron chi connectivity index (χ1n) is 2.16. The van der Waals surface area contributed by atoms with Crippen molar-refractivity contribution in [2.24, 2.45) is 0 Å². The van der Waals surface area contributed by atoms with Gasteiger partial charge in [0.15, 0.2) is 0 Å². The van der Waals surface area contributed by atoms with E-state index in [1.165, 1.54) is 0 Å². The molecule has 0 spiro atoms. The van der Waals surface area contributed by atoms with Gasteiger partial charge in [0, 0.05) is 0 Å². The molecule has 0 heterocycles. The fourth-order valence-corrected chi connectivity index (χ4v) is 1.73. The first kappa shape index (κ1) is 7.83. The molecule has 0 bridgehead atoms. The van der Waals surface area contributed by atoms with Crippen molar-refractivity contribution in [2.75, 3.05) is 6.61 Å². The second-order valence-corrected chi connectivity index (χ2v) is 5.55. The summed E-state index contributed by atoms with van der Waals surface area (Å²) in [5.41, 5.74) is 0. The van der Waals surface area contributed by atoms with Gasteiger partial charge in [-0.05, 0) is 0 Å². The number of halogens is 1. The normalized spacial score (nSPS) is 13.0. The fourth-order valence-electron chi connectivity index (χ4n) is 0.226. The van der Waals surface area contributed by atoms with Gasteiger partial charge in [-0.25, -0.2) is 0 Å². The molecule has 0 aliphatic heterocycles. The second kappa shape index (κ2) is 4.98. The van der Waals surface area contributed by atoms with E-state index in [1.54, 1.807) is 0 Å². The third-order valence-corrected chi connectivity index (χ3v) is 4.10. The molecule has 0 saturated carbocycles. The third kappa shape index (κ3) is 4.69. The molecular formula is C3H7ClO2Zn. The molecule has 0 radical (unpaired) electrons. The molecule has 7 heavy (non-hydrogen) atoms. The van der Waals surface area contributed by atoms with Crippen molar-refractivity contribution in [2.45, 2.75) is 11.1 Å². The quantitative estimate of drug-likeness (QED) is 0.590. The molecule has 0 fully saturated rings. The summed E-state index contributed by atoms with van der Waals surface area (Å²) in [6.45, 7) is 0.0547. The van der Waals surface area contributed by atoms with Crippen LogP contribution >= 0.6 is 9.69 Å². The van der Waals surface area contributed by atoms with E-state index >= 15 is 0 Å². The molecule has 0 rings (SSSR count). The Hall–Kier alpha value is 0.833. The first-order valence-corrected chi connectivity index (χ1v) is 7.77. The predicted octanol–water partition coefficient (Wildman–Crippen LogP) is -0.0765. The van der Waals surface area contributed by atoms with Crippen LogP contribution in [0, 0.1) is 0 Å². The zero-order valence-corrected chi connectivity index (χ0v) is 7.69. The maximum atomic E-state index is 8.65. The Morgan fingerprint density at radius 1 is 1.71 bits per heavy atom. The molecule has 40 valence electrons. The first-order chi connectivity index (χ1) is 3.31. The SMILES string of the molecule is OCC[CH](O)[Zn][Cl]. The van der Waals surface area contributed by atoms with Crippen LogP contribution in [-0.2, 0) is 16.1 Å². The van der Waals surface area contributed by atoms with Crippen molar-refractivity contribution < 1.29 is 26.3 Å². The number of aliphatic hydroxyl groups excluding tert-OH is 2. The number of aliphatic hydroxyl groups is 2. The van der Waals surface area contributed by atoms with Crippen LogP contribution in [0.1, 0.15) is 6.42 Å². The van der Waals surface area contributed by atoms with E-state index in [2.05, 4.69) is 0 Å². The van der Waals surface area contributed by atoms with Gasteiger partial charge in [0.1, 0.15) is 0 Å². The van der Waals surface area contributed by atoms with Crippen LogP contribution in [0.4, 0.5) is 0 Å². The van der Waals surface area contributed by atoms with Crippen LogP contribution in [0.5, 0.6) is 0 Å². The maximum absolute atomic E-state index is 8.65. The third-order valence-electron chi connectivity index (χ3n) is 0.640. The number of rotatable bonds is 3. The molecule has 0 aromatic rings. The summed E-state index contributed by atoms with van der Waals surface area (Å²) in [6.07, 6.45) is 0.462.